The fourth-order valence-electron chi connectivity index (χ4n) is 1.08. The highest BCUT2D eigenvalue weighted by Crippen LogP contribution is 2.15. The summed E-state index contributed by atoms with van der Waals surface area (Å²) in [5, 5.41) is 3.30. The van der Waals surface area contributed by atoms with Gasteiger partial charge in [-0.2, -0.15) is 0 Å². The van der Waals surface area contributed by atoms with Crippen LogP contribution in [0, 0.1) is 0 Å². The Kier molecular flexibility index (Phi) is 4.26. The molecule has 0 aromatic heterocycles. The molecule has 4 heteroatoms. The van der Waals surface area contributed by atoms with Crippen LogP contribution in [-0.4, -0.2) is 11.8 Å². The highest BCUT2D eigenvalue weighted by Gasteiger charge is 2.05. The third-order valence-electron chi connectivity index (χ3n) is 1.77. The van der Waals surface area contributed by atoms with E-state index in [1.54, 1.807) is 0 Å². The largest absolute Gasteiger partial charge is 0.404 e. The number of nitrogens with two attached hydrogens (primary N) is 1. The van der Waals surface area contributed by atoms with Gasteiger partial charge in [-0.3, -0.25) is 0 Å². The molecule has 0 fully saturated rings. The molecule has 1 heterocycles. The Hall–Kier alpha value is -1.22. The van der Waals surface area contributed by atoms with Crippen LogP contribution in [-0.2, 0) is 0 Å². The predicted molar refractivity (Wildman–Crippen MR) is 61.1 cm³/mol. The molecule has 0 saturated carbocycles. The van der Waals surface area contributed by atoms with Crippen molar-refractivity contribution in [2.75, 3.05) is 6.54 Å². The Morgan fingerprint density at radius 2 is 2.57 bits per heavy atom. The van der Waals surface area contributed by atoms with E-state index >= 15 is 0 Å². The van der Waals surface area contributed by atoms with Gasteiger partial charge in [0.1, 0.15) is 0 Å². The van der Waals surface area contributed by atoms with Crippen LogP contribution in [0.25, 0.3) is 0 Å². The fraction of sp³-hybridized carbons (Fsp3) is 0.300. The molecule has 0 spiro atoms. The molecule has 0 saturated heterocycles. The lowest BCUT2D eigenvalue weighted by Crippen LogP contribution is -2.22. The molecule has 0 aromatic rings. The Morgan fingerprint density at radius 3 is 3.14 bits per heavy atom. The first-order valence-electron chi connectivity index (χ1n) is 4.55. The zero-order valence-electron chi connectivity index (χ0n) is 8.13. The lowest BCUT2D eigenvalue weighted by molar-refractivity contribution is 1.01. The van der Waals surface area contributed by atoms with Gasteiger partial charge in [-0.25, -0.2) is 4.99 Å². The van der Waals surface area contributed by atoms with E-state index in [1.165, 1.54) is 6.20 Å². The van der Waals surface area contributed by atoms with Gasteiger partial charge in [0, 0.05) is 18.3 Å². The molecule has 0 bridgehead atoms. The van der Waals surface area contributed by atoms with Gasteiger partial charge < -0.3 is 11.1 Å². The van der Waals surface area contributed by atoms with Crippen LogP contribution < -0.4 is 11.1 Å². The molecular formula is C10H14ClN3. The van der Waals surface area contributed by atoms with Crippen molar-refractivity contribution in [3.63, 3.8) is 0 Å². The van der Waals surface area contributed by atoms with E-state index in [4.69, 9.17) is 17.3 Å². The SMILES string of the molecule is CC/C=C\C(=C/N)C1=CCNC(Cl)=N1. The molecule has 3 nitrogen and oxygen atoms in total. The van der Waals surface area contributed by atoms with E-state index < -0.39 is 0 Å². The number of hydrogen-bond donors (Lipinski definition) is 2. The minimum atomic E-state index is 0.409. The summed E-state index contributed by atoms with van der Waals surface area (Å²) in [6, 6.07) is 0. The molecule has 76 valence electrons. The van der Waals surface area contributed by atoms with Crippen molar-refractivity contribution in [2.24, 2.45) is 10.7 Å². The minimum Gasteiger partial charge on any atom is -0.404 e. The third kappa shape index (κ3) is 2.92. The van der Waals surface area contributed by atoms with Crippen LogP contribution in [0.15, 0.2) is 40.7 Å². The Morgan fingerprint density at radius 1 is 1.79 bits per heavy atom. The molecule has 0 unspecified atom stereocenters. The molecule has 0 radical (unpaired) electrons. The summed E-state index contributed by atoms with van der Waals surface area (Å²) in [6.07, 6.45) is 8.44. The summed E-state index contributed by atoms with van der Waals surface area (Å²) in [5.74, 6) is 0. The van der Waals surface area contributed by atoms with E-state index in [0.717, 1.165) is 17.7 Å². The van der Waals surface area contributed by atoms with Crippen LogP contribution in [0.4, 0.5) is 0 Å². The summed E-state index contributed by atoms with van der Waals surface area (Å²) in [5.41, 5.74) is 7.22. The highest BCUT2D eigenvalue weighted by molar-refractivity contribution is 6.64. The van der Waals surface area contributed by atoms with E-state index in [1.807, 2.05) is 18.2 Å². The molecule has 0 amide bonds. The molecule has 0 aliphatic carbocycles. The van der Waals surface area contributed by atoms with Crippen molar-refractivity contribution in [3.8, 4) is 0 Å². The zero-order valence-corrected chi connectivity index (χ0v) is 8.88. The van der Waals surface area contributed by atoms with Crippen LogP contribution in [0.5, 0.6) is 0 Å². The summed E-state index contributed by atoms with van der Waals surface area (Å²) in [6.45, 7) is 2.76. The van der Waals surface area contributed by atoms with Crippen LogP contribution >= 0.6 is 11.6 Å². The van der Waals surface area contributed by atoms with E-state index in [0.29, 0.717) is 11.8 Å². The summed E-state index contributed by atoms with van der Waals surface area (Å²) < 4.78 is 0. The highest BCUT2D eigenvalue weighted by atomic mass is 35.5. The van der Waals surface area contributed by atoms with Crippen LogP contribution in [0.1, 0.15) is 13.3 Å². The number of nitrogens with one attached hydrogen (secondary N) is 1. The Labute approximate surface area is 89.0 Å². The van der Waals surface area contributed by atoms with Crippen molar-refractivity contribution >= 4 is 16.9 Å². The van der Waals surface area contributed by atoms with E-state index in [9.17, 15) is 0 Å². The second-order valence-corrected chi connectivity index (χ2v) is 3.16. The van der Waals surface area contributed by atoms with Crippen molar-refractivity contribution < 1.29 is 0 Å². The number of nitrogens with zero attached hydrogens (tertiary/aromatic N) is 1. The summed E-state index contributed by atoms with van der Waals surface area (Å²) >= 11 is 5.75. The average Bonchev–Trinajstić information content (AvgIpc) is 2.19. The van der Waals surface area contributed by atoms with Gasteiger partial charge in [0.05, 0.1) is 5.70 Å². The van der Waals surface area contributed by atoms with Gasteiger partial charge in [0.15, 0.2) is 5.29 Å². The quantitative estimate of drug-likeness (QED) is 0.553. The maximum absolute atomic E-state index is 5.75. The first kappa shape index (κ1) is 10.9. The van der Waals surface area contributed by atoms with Gasteiger partial charge >= 0.3 is 0 Å². The molecule has 14 heavy (non-hydrogen) atoms. The second kappa shape index (κ2) is 5.50. The Balaban J connectivity index is 2.81. The molecule has 1 rings (SSSR count). The number of allylic oxidation sites excluding steroid dienone is 2. The van der Waals surface area contributed by atoms with Crippen molar-refractivity contribution in [1.82, 2.24) is 5.32 Å². The lowest BCUT2D eigenvalue weighted by atomic mass is 10.1. The first-order valence-corrected chi connectivity index (χ1v) is 4.92. The van der Waals surface area contributed by atoms with Crippen molar-refractivity contribution in [1.29, 1.82) is 0 Å². The summed E-state index contributed by atoms with van der Waals surface area (Å²) in [4.78, 5) is 4.14. The number of amidine groups is 1. The number of halogens is 1. The molecule has 0 atom stereocenters. The number of hydrogen-bond acceptors (Lipinski definition) is 3. The smallest absolute Gasteiger partial charge is 0.196 e. The Bertz CT molecular complexity index is 313. The second-order valence-electron chi connectivity index (χ2n) is 2.81. The molecule has 3 N–H and O–H groups in total. The molecule has 0 aromatic carbocycles. The van der Waals surface area contributed by atoms with Crippen molar-refractivity contribution in [2.45, 2.75) is 13.3 Å². The maximum Gasteiger partial charge on any atom is 0.196 e. The standard InChI is InChI=1S/C10H14ClN3/c1-2-3-4-8(7-12)9-5-6-13-10(11)14-9/h3-5,7H,2,6,12H2,1H3,(H,13,14)/b4-3-,8-7+. The normalized spacial score (nSPS) is 17.7. The minimum absolute atomic E-state index is 0.409. The van der Waals surface area contributed by atoms with E-state index in [-0.39, 0.29) is 0 Å². The number of rotatable bonds is 3. The fourth-order valence-corrected chi connectivity index (χ4v) is 1.24. The average molecular weight is 212 g/mol. The van der Waals surface area contributed by atoms with Gasteiger partial charge in [-0.1, -0.05) is 19.1 Å². The lowest BCUT2D eigenvalue weighted by Gasteiger charge is -2.10. The predicted octanol–water partition coefficient (Wildman–Crippen LogP) is 1.88. The van der Waals surface area contributed by atoms with E-state index in [2.05, 4.69) is 17.2 Å². The first-order chi connectivity index (χ1) is 6.77. The van der Waals surface area contributed by atoms with Gasteiger partial charge in [-0.15, -0.1) is 0 Å². The maximum atomic E-state index is 5.75. The topological polar surface area (TPSA) is 50.4 Å². The van der Waals surface area contributed by atoms with Crippen LogP contribution in [0.2, 0.25) is 0 Å². The molecule has 1 aliphatic rings. The van der Waals surface area contributed by atoms with Gasteiger partial charge in [-0.05, 0) is 24.1 Å². The zero-order chi connectivity index (χ0) is 10.4. The summed E-state index contributed by atoms with van der Waals surface area (Å²) in [7, 11) is 0. The monoisotopic (exact) mass is 211 g/mol. The third-order valence-corrected chi connectivity index (χ3v) is 1.99. The number of aliphatic imine (C=N–C) groups is 1. The van der Waals surface area contributed by atoms with Gasteiger partial charge in [0.25, 0.3) is 0 Å². The molecular weight excluding hydrogens is 198 g/mol. The van der Waals surface area contributed by atoms with Crippen molar-refractivity contribution in [3.05, 3.63) is 35.7 Å². The van der Waals surface area contributed by atoms with Gasteiger partial charge in [0.2, 0.25) is 0 Å². The van der Waals surface area contributed by atoms with Crippen LogP contribution in [0.3, 0.4) is 0 Å². The molecule has 1 aliphatic heterocycles.